The maximum absolute atomic E-state index is 13.0. The largest absolute Gasteiger partial charge is 0.489 e. The molecule has 26 heavy (non-hydrogen) atoms. The van der Waals surface area contributed by atoms with Gasteiger partial charge in [-0.3, -0.25) is 4.98 Å². The topological polar surface area (TPSA) is 59.5 Å². The van der Waals surface area contributed by atoms with Crippen molar-refractivity contribution in [3.8, 4) is 5.75 Å². The van der Waals surface area contributed by atoms with Crippen LogP contribution in [0.1, 0.15) is 39.2 Å². The van der Waals surface area contributed by atoms with Crippen molar-refractivity contribution in [2.75, 3.05) is 13.1 Å². The lowest BCUT2D eigenvalue weighted by molar-refractivity contribution is 0.129. The predicted molar refractivity (Wildman–Crippen MR) is 102 cm³/mol. The van der Waals surface area contributed by atoms with E-state index in [1.54, 1.807) is 36.7 Å². The van der Waals surface area contributed by atoms with Gasteiger partial charge in [0, 0.05) is 18.9 Å². The second-order valence-corrected chi connectivity index (χ2v) is 9.64. The van der Waals surface area contributed by atoms with E-state index in [1.807, 2.05) is 12.1 Å². The number of ether oxygens (including phenoxy) is 1. The molecule has 0 radical (unpaired) electrons. The Labute approximate surface area is 156 Å². The molecule has 1 aromatic carbocycles. The van der Waals surface area contributed by atoms with Crippen LogP contribution in [0, 0.1) is 0 Å². The zero-order chi connectivity index (χ0) is 18.8. The van der Waals surface area contributed by atoms with Gasteiger partial charge in [-0.15, -0.1) is 0 Å². The first-order chi connectivity index (χ1) is 12.3. The summed E-state index contributed by atoms with van der Waals surface area (Å²) in [5, 5.41) is 0. The van der Waals surface area contributed by atoms with Crippen molar-refractivity contribution >= 4 is 10.0 Å². The molecule has 2 aromatic rings. The first-order valence-corrected chi connectivity index (χ1v) is 10.4. The molecule has 0 amide bonds. The van der Waals surface area contributed by atoms with Gasteiger partial charge in [-0.1, -0.05) is 32.9 Å². The smallest absolute Gasteiger partial charge is 0.243 e. The Morgan fingerprint density at radius 3 is 2.35 bits per heavy atom. The van der Waals surface area contributed by atoms with Crippen molar-refractivity contribution < 1.29 is 13.2 Å². The van der Waals surface area contributed by atoms with E-state index >= 15 is 0 Å². The molecular weight excluding hydrogens is 348 g/mol. The normalized spacial score (nSPS) is 19.3. The monoisotopic (exact) mass is 374 g/mol. The molecule has 0 saturated carbocycles. The van der Waals surface area contributed by atoms with E-state index in [9.17, 15) is 8.42 Å². The summed E-state index contributed by atoms with van der Waals surface area (Å²) in [6.45, 7) is 7.23. The number of nitrogens with zero attached hydrogens (tertiary/aromatic N) is 2. The molecule has 6 heteroatoms. The fourth-order valence-corrected chi connectivity index (χ4v) is 4.61. The fourth-order valence-electron chi connectivity index (χ4n) is 3.10. The van der Waals surface area contributed by atoms with Crippen LogP contribution in [0.25, 0.3) is 0 Å². The quantitative estimate of drug-likeness (QED) is 0.820. The Morgan fingerprint density at radius 1 is 1.08 bits per heavy atom. The number of rotatable bonds is 4. The number of sulfonamides is 1. The zero-order valence-corrected chi connectivity index (χ0v) is 16.4. The van der Waals surface area contributed by atoms with Gasteiger partial charge in [0.25, 0.3) is 0 Å². The Balaban J connectivity index is 1.74. The van der Waals surface area contributed by atoms with E-state index in [4.69, 9.17) is 4.74 Å². The zero-order valence-electron chi connectivity index (χ0n) is 15.6. The lowest BCUT2D eigenvalue weighted by atomic mass is 9.87. The Hall–Kier alpha value is -1.92. The molecule has 1 atom stereocenters. The summed E-state index contributed by atoms with van der Waals surface area (Å²) in [4.78, 5) is 4.31. The first kappa shape index (κ1) is 18.9. The highest BCUT2D eigenvalue weighted by Gasteiger charge is 2.31. The van der Waals surface area contributed by atoms with Crippen LogP contribution in [0.4, 0.5) is 0 Å². The van der Waals surface area contributed by atoms with Crippen molar-refractivity contribution in [3.63, 3.8) is 0 Å². The summed E-state index contributed by atoms with van der Waals surface area (Å²) in [5.74, 6) is 0.721. The van der Waals surface area contributed by atoms with Crippen molar-refractivity contribution in [2.45, 2.75) is 50.0 Å². The molecule has 0 N–H and O–H groups in total. The van der Waals surface area contributed by atoms with E-state index in [0.29, 0.717) is 18.0 Å². The molecule has 3 rings (SSSR count). The molecule has 1 aromatic heterocycles. The van der Waals surface area contributed by atoms with E-state index in [-0.39, 0.29) is 11.5 Å². The second-order valence-electron chi connectivity index (χ2n) is 7.70. The predicted octanol–water partition coefficient (Wildman–Crippen LogP) is 3.61. The van der Waals surface area contributed by atoms with Gasteiger partial charge >= 0.3 is 0 Å². The summed E-state index contributed by atoms with van der Waals surface area (Å²) < 4.78 is 33.5. The van der Waals surface area contributed by atoms with Crippen LogP contribution in [0.3, 0.4) is 0 Å². The van der Waals surface area contributed by atoms with Crippen molar-refractivity contribution in [2.24, 2.45) is 0 Å². The molecule has 5 nitrogen and oxygen atoms in total. The lowest BCUT2D eigenvalue weighted by Gasteiger charge is -2.32. The number of aromatic nitrogens is 1. The SMILES string of the molecule is CC(C)(C)c1ccc(S(=O)(=O)N2CCCC(Oc3ccncc3)C2)cc1. The highest BCUT2D eigenvalue weighted by Crippen LogP contribution is 2.26. The third-order valence-corrected chi connectivity index (χ3v) is 6.53. The fraction of sp³-hybridized carbons (Fsp3) is 0.450. The van der Waals surface area contributed by atoms with Crippen molar-refractivity contribution in [3.05, 3.63) is 54.4 Å². The van der Waals surface area contributed by atoms with Crippen LogP contribution in [0.5, 0.6) is 5.75 Å². The lowest BCUT2D eigenvalue weighted by Crippen LogP contribution is -2.44. The van der Waals surface area contributed by atoms with E-state index < -0.39 is 10.0 Å². The van der Waals surface area contributed by atoms with Crippen LogP contribution in [-0.2, 0) is 15.4 Å². The van der Waals surface area contributed by atoms with Crippen LogP contribution in [-0.4, -0.2) is 36.9 Å². The van der Waals surface area contributed by atoms with E-state index in [1.165, 1.54) is 4.31 Å². The third-order valence-electron chi connectivity index (χ3n) is 4.65. The van der Waals surface area contributed by atoms with Gasteiger partial charge in [0.2, 0.25) is 10.0 Å². The molecule has 0 spiro atoms. The highest BCUT2D eigenvalue weighted by molar-refractivity contribution is 7.89. The van der Waals surface area contributed by atoms with E-state index in [0.717, 1.165) is 24.2 Å². The first-order valence-electron chi connectivity index (χ1n) is 8.94. The molecule has 2 heterocycles. The van der Waals surface area contributed by atoms with Gasteiger partial charge in [-0.05, 0) is 48.1 Å². The molecule has 1 unspecified atom stereocenters. The molecular formula is C20H26N2O3S. The van der Waals surface area contributed by atoms with Gasteiger partial charge in [0.15, 0.2) is 0 Å². The number of pyridine rings is 1. The van der Waals surface area contributed by atoms with Crippen LogP contribution < -0.4 is 4.74 Å². The maximum Gasteiger partial charge on any atom is 0.243 e. The summed E-state index contributed by atoms with van der Waals surface area (Å²) in [5.41, 5.74) is 1.12. The molecule has 1 saturated heterocycles. The minimum absolute atomic E-state index is 0.00308. The van der Waals surface area contributed by atoms with Crippen LogP contribution >= 0.6 is 0 Å². The molecule has 1 aliphatic heterocycles. The minimum Gasteiger partial charge on any atom is -0.489 e. The Morgan fingerprint density at radius 2 is 1.73 bits per heavy atom. The average molecular weight is 375 g/mol. The molecule has 0 bridgehead atoms. The van der Waals surface area contributed by atoms with Gasteiger partial charge in [-0.2, -0.15) is 4.31 Å². The molecule has 1 aliphatic rings. The van der Waals surface area contributed by atoms with Gasteiger partial charge in [0.1, 0.15) is 11.9 Å². The number of piperidine rings is 1. The molecule has 1 fully saturated rings. The second kappa shape index (κ2) is 7.37. The number of hydrogen-bond acceptors (Lipinski definition) is 4. The third kappa shape index (κ3) is 4.24. The number of hydrogen-bond donors (Lipinski definition) is 0. The highest BCUT2D eigenvalue weighted by atomic mass is 32.2. The molecule has 140 valence electrons. The summed E-state index contributed by atoms with van der Waals surface area (Å²) in [6, 6.07) is 10.8. The average Bonchev–Trinajstić information content (AvgIpc) is 2.62. The van der Waals surface area contributed by atoms with Crippen LogP contribution in [0.2, 0.25) is 0 Å². The maximum atomic E-state index is 13.0. The van der Waals surface area contributed by atoms with Crippen molar-refractivity contribution in [1.29, 1.82) is 0 Å². The van der Waals surface area contributed by atoms with Crippen molar-refractivity contribution in [1.82, 2.24) is 9.29 Å². The van der Waals surface area contributed by atoms with Gasteiger partial charge in [-0.25, -0.2) is 8.42 Å². The molecule has 0 aliphatic carbocycles. The van der Waals surface area contributed by atoms with E-state index in [2.05, 4.69) is 25.8 Å². The Bertz CT molecular complexity index is 828. The summed E-state index contributed by atoms with van der Waals surface area (Å²) >= 11 is 0. The standard InChI is InChI=1S/C20H26N2O3S/c1-20(2,3)16-6-8-19(9-7-16)26(23,24)22-14-4-5-18(15-22)25-17-10-12-21-13-11-17/h6-13,18H,4-5,14-15H2,1-3H3. The van der Waals surface area contributed by atoms with Gasteiger partial charge in [0.05, 0.1) is 11.4 Å². The minimum atomic E-state index is -3.51. The summed E-state index contributed by atoms with van der Waals surface area (Å²) in [7, 11) is -3.51. The number of benzene rings is 1. The van der Waals surface area contributed by atoms with Crippen LogP contribution in [0.15, 0.2) is 53.7 Å². The Kier molecular flexibility index (Phi) is 5.34. The summed E-state index contributed by atoms with van der Waals surface area (Å²) in [6.07, 6.45) is 4.83. The van der Waals surface area contributed by atoms with Gasteiger partial charge < -0.3 is 4.74 Å².